The number of rotatable bonds is 7. The van der Waals surface area contributed by atoms with E-state index in [-0.39, 0.29) is 18.4 Å². The third-order valence-electron chi connectivity index (χ3n) is 4.02. The van der Waals surface area contributed by atoms with Crippen LogP contribution in [0.5, 0.6) is 0 Å². The molecule has 0 fully saturated rings. The summed E-state index contributed by atoms with van der Waals surface area (Å²) in [7, 11) is 0. The molecule has 6 heteroatoms. The van der Waals surface area contributed by atoms with Gasteiger partial charge in [0, 0.05) is 6.42 Å². The first-order valence-electron chi connectivity index (χ1n) is 7.90. The summed E-state index contributed by atoms with van der Waals surface area (Å²) in [5.41, 5.74) is 0.778. The van der Waals surface area contributed by atoms with E-state index in [9.17, 15) is 23.5 Å². The molecule has 2 N–H and O–H groups in total. The lowest BCUT2D eigenvalue weighted by Gasteiger charge is -2.23. The number of hydrogen-bond donors (Lipinski definition) is 2. The SMILES string of the molecule is CC(C(=O)O)C(NC(=O)CCc1cccc(F)c1F)c1ccccc1. The first kappa shape index (κ1) is 18.6. The minimum Gasteiger partial charge on any atom is -0.481 e. The molecule has 0 aliphatic carbocycles. The first-order valence-corrected chi connectivity index (χ1v) is 7.90. The highest BCUT2D eigenvalue weighted by molar-refractivity contribution is 5.78. The van der Waals surface area contributed by atoms with E-state index in [1.165, 1.54) is 19.1 Å². The van der Waals surface area contributed by atoms with Crippen molar-refractivity contribution in [3.8, 4) is 0 Å². The van der Waals surface area contributed by atoms with Crippen molar-refractivity contribution in [2.24, 2.45) is 5.92 Å². The number of carbonyl (C=O) groups excluding carboxylic acids is 1. The van der Waals surface area contributed by atoms with Gasteiger partial charge >= 0.3 is 5.97 Å². The fourth-order valence-corrected chi connectivity index (χ4v) is 2.54. The molecule has 0 aromatic heterocycles. The molecule has 4 nitrogen and oxygen atoms in total. The molecule has 0 radical (unpaired) electrons. The smallest absolute Gasteiger partial charge is 0.308 e. The minimum atomic E-state index is -1.04. The van der Waals surface area contributed by atoms with Crippen LogP contribution in [0.3, 0.4) is 0 Å². The van der Waals surface area contributed by atoms with E-state index in [2.05, 4.69) is 5.32 Å². The number of hydrogen-bond acceptors (Lipinski definition) is 2. The molecule has 0 aliphatic heterocycles. The van der Waals surface area contributed by atoms with Crippen LogP contribution in [0.15, 0.2) is 48.5 Å². The van der Waals surface area contributed by atoms with Gasteiger partial charge in [0.2, 0.25) is 5.91 Å². The summed E-state index contributed by atoms with van der Waals surface area (Å²) in [5, 5.41) is 11.9. The third-order valence-corrected chi connectivity index (χ3v) is 4.02. The Balaban J connectivity index is 2.07. The van der Waals surface area contributed by atoms with Gasteiger partial charge in [0.1, 0.15) is 0 Å². The van der Waals surface area contributed by atoms with E-state index in [0.29, 0.717) is 5.56 Å². The van der Waals surface area contributed by atoms with Gasteiger partial charge in [-0.3, -0.25) is 9.59 Å². The lowest BCUT2D eigenvalue weighted by molar-refractivity contribution is -0.142. The highest BCUT2D eigenvalue weighted by Crippen LogP contribution is 2.22. The van der Waals surface area contributed by atoms with Crippen molar-refractivity contribution in [1.82, 2.24) is 5.32 Å². The lowest BCUT2D eigenvalue weighted by atomic mass is 9.94. The van der Waals surface area contributed by atoms with Crippen LogP contribution in [0.4, 0.5) is 8.78 Å². The van der Waals surface area contributed by atoms with Gasteiger partial charge in [0.25, 0.3) is 0 Å². The zero-order valence-electron chi connectivity index (χ0n) is 13.7. The summed E-state index contributed by atoms with van der Waals surface area (Å²) in [6.45, 7) is 1.51. The fraction of sp³-hybridized carbons (Fsp3) is 0.263. The lowest BCUT2D eigenvalue weighted by Crippen LogP contribution is -2.35. The molecule has 0 heterocycles. The number of aryl methyl sites for hydroxylation is 1. The second-order valence-corrected chi connectivity index (χ2v) is 5.80. The molecule has 1 amide bonds. The maximum Gasteiger partial charge on any atom is 0.308 e. The van der Waals surface area contributed by atoms with Crippen molar-refractivity contribution in [2.75, 3.05) is 0 Å². The Kier molecular flexibility index (Phi) is 6.22. The van der Waals surface area contributed by atoms with Crippen molar-refractivity contribution in [2.45, 2.75) is 25.8 Å². The number of nitrogens with one attached hydrogen (secondary N) is 1. The van der Waals surface area contributed by atoms with Crippen molar-refractivity contribution >= 4 is 11.9 Å². The van der Waals surface area contributed by atoms with Crippen molar-refractivity contribution in [3.05, 3.63) is 71.3 Å². The summed E-state index contributed by atoms with van der Waals surface area (Å²) in [4.78, 5) is 23.5. The predicted octanol–water partition coefficient (Wildman–Crippen LogP) is 3.48. The van der Waals surface area contributed by atoms with Gasteiger partial charge in [-0.1, -0.05) is 42.5 Å². The standard InChI is InChI=1S/C19H19F2NO3/c1-12(19(24)25)18(14-6-3-2-4-7-14)22-16(23)11-10-13-8-5-9-15(20)17(13)21/h2-9,12,18H,10-11H2,1H3,(H,22,23)(H,24,25). The molecular weight excluding hydrogens is 328 g/mol. The van der Waals surface area contributed by atoms with Crippen LogP contribution >= 0.6 is 0 Å². The van der Waals surface area contributed by atoms with Gasteiger partial charge in [-0.15, -0.1) is 0 Å². The molecule has 0 aliphatic rings. The number of aliphatic carboxylic acids is 1. The molecule has 25 heavy (non-hydrogen) atoms. The Morgan fingerprint density at radius 3 is 2.40 bits per heavy atom. The van der Waals surface area contributed by atoms with Gasteiger partial charge in [-0.05, 0) is 30.5 Å². The zero-order chi connectivity index (χ0) is 18.4. The molecule has 2 rings (SSSR count). The number of carboxylic acids is 1. The van der Waals surface area contributed by atoms with Gasteiger partial charge in [0.05, 0.1) is 12.0 Å². The van der Waals surface area contributed by atoms with Crippen molar-refractivity contribution in [3.63, 3.8) is 0 Å². The maximum atomic E-state index is 13.6. The van der Waals surface area contributed by atoms with E-state index in [4.69, 9.17) is 0 Å². The quantitative estimate of drug-likeness (QED) is 0.806. The average molecular weight is 347 g/mol. The van der Waals surface area contributed by atoms with Gasteiger partial charge < -0.3 is 10.4 Å². The monoisotopic (exact) mass is 347 g/mol. The summed E-state index contributed by atoms with van der Waals surface area (Å²) < 4.78 is 26.8. The molecule has 2 unspecified atom stereocenters. The van der Waals surface area contributed by atoms with Crippen LogP contribution in [-0.2, 0) is 16.0 Å². The van der Waals surface area contributed by atoms with Gasteiger partial charge in [-0.25, -0.2) is 8.78 Å². The Labute approximate surface area is 144 Å². The van der Waals surface area contributed by atoms with E-state index < -0.39 is 35.5 Å². The predicted molar refractivity (Wildman–Crippen MR) is 88.8 cm³/mol. The van der Waals surface area contributed by atoms with Crippen LogP contribution in [0.25, 0.3) is 0 Å². The first-order chi connectivity index (χ1) is 11.9. The molecule has 0 saturated carbocycles. The second kappa shape index (κ2) is 8.37. The Morgan fingerprint density at radius 1 is 1.08 bits per heavy atom. The number of benzene rings is 2. The van der Waals surface area contributed by atoms with Crippen LogP contribution in [-0.4, -0.2) is 17.0 Å². The number of carbonyl (C=O) groups is 2. The molecule has 2 aromatic carbocycles. The third kappa shape index (κ3) is 4.86. The number of amides is 1. The van der Waals surface area contributed by atoms with E-state index >= 15 is 0 Å². The van der Waals surface area contributed by atoms with Crippen LogP contribution in [0.2, 0.25) is 0 Å². The summed E-state index contributed by atoms with van der Waals surface area (Å²) in [5.74, 6) is -4.22. The second-order valence-electron chi connectivity index (χ2n) is 5.80. The Hall–Kier alpha value is -2.76. The average Bonchev–Trinajstić information content (AvgIpc) is 2.61. The largest absolute Gasteiger partial charge is 0.481 e. The normalized spacial score (nSPS) is 13.1. The highest BCUT2D eigenvalue weighted by atomic mass is 19.2. The highest BCUT2D eigenvalue weighted by Gasteiger charge is 2.26. The molecule has 132 valence electrons. The van der Waals surface area contributed by atoms with E-state index in [0.717, 1.165) is 6.07 Å². The molecule has 2 atom stereocenters. The van der Waals surface area contributed by atoms with Crippen molar-refractivity contribution < 1.29 is 23.5 Å². The number of carboxylic acid groups (broad SMARTS) is 1. The number of halogens is 2. The molecule has 0 spiro atoms. The molecular formula is C19H19F2NO3. The van der Waals surface area contributed by atoms with Crippen LogP contribution < -0.4 is 5.32 Å². The summed E-state index contributed by atoms with van der Waals surface area (Å²) in [6, 6.07) is 11.9. The Morgan fingerprint density at radius 2 is 1.76 bits per heavy atom. The maximum absolute atomic E-state index is 13.6. The summed E-state index contributed by atoms with van der Waals surface area (Å²) >= 11 is 0. The van der Waals surface area contributed by atoms with Crippen molar-refractivity contribution in [1.29, 1.82) is 0 Å². The molecule has 2 aromatic rings. The van der Waals surface area contributed by atoms with Gasteiger partial charge in [-0.2, -0.15) is 0 Å². The molecule has 0 saturated heterocycles. The fourth-order valence-electron chi connectivity index (χ4n) is 2.54. The van der Waals surface area contributed by atoms with E-state index in [1.54, 1.807) is 30.3 Å². The van der Waals surface area contributed by atoms with Gasteiger partial charge in [0.15, 0.2) is 11.6 Å². The minimum absolute atomic E-state index is 0.0262. The zero-order valence-corrected chi connectivity index (χ0v) is 13.7. The van der Waals surface area contributed by atoms with E-state index in [1.807, 2.05) is 0 Å². The summed E-state index contributed by atoms with van der Waals surface area (Å²) in [6.07, 6.45) is -0.0472. The van der Waals surface area contributed by atoms with Crippen LogP contribution in [0, 0.1) is 17.6 Å². The van der Waals surface area contributed by atoms with Crippen LogP contribution in [0.1, 0.15) is 30.5 Å². The Bertz CT molecular complexity index is 750. The topological polar surface area (TPSA) is 66.4 Å². The molecule has 0 bridgehead atoms.